The van der Waals surface area contributed by atoms with Gasteiger partial charge in [0.15, 0.2) is 0 Å². The summed E-state index contributed by atoms with van der Waals surface area (Å²) in [6.07, 6.45) is 5.85. The summed E-state index contributed by atoms with van der Waals surface area (Å²) < 4.78 is 0. The van der Waals surface area contributed by atoms with E-state index in [-0.39, 0.29) is 17.2 Å². The molecule has 2 amide bonds. The molecule has 0 saturated heterocycles. The second-order valence-corrected chi connectivity index (χ2v) is 6.99. The van der Waals surface area contributed by atoms with Crippen LogP contribution in [0.25, 0.3) is 0 Å². The molecule has 1 aromatic rings. The number of carbonyl (C=O) groups excluding carboxylic acids is 3. The van der Waals surface area contributed by atoms with Gasteiger partial charge in [0.05, 0.1) is 0 Å². The zero-order valence-corrected chi connectivity index (χ0v) is 14.5. The number of aldehydes is 1. The molecule has 0 spiro atoms. The largest absolute Gasteiger partial charge is 0.352 e. The second kappa shape index (κ2) is 8.08. The maximum Gasteiger partial charge on any atom is 0.251 e. The van der Waals surface area contributed by atoms with Crippen LogP contribution in [0.1, 0.15) is 68.3 Å². The molecule has 2 N–H and O–H groups in total. The molecule has 5 nitrogen and oxygen atoms in total. The first kappa shape index (κ1) is 18.2. The molecule has 5 heteroatoms. The first-order chi connectivity index (χ1) is 11.4. The molecule has 0 fully saturated rings. The van der Waals surface area contributed by atoms with Crippen molar-refractivity contribution in [3.63, 3.8) is 0 Å². The standard InChI is InChI=1S/C19H26N2O3/c1-19(2)13-17(23)21-16-9-8-14(12-15(16)19)18(24)20-10-6-4-3-5-7-11-22/h8-9,11-12H,3-7,10,13H2,1-2H3,(H,20,24)(H,21,23). The lowest BCUT2D eigenvalue weighted by Gasteiger charge is -2.32. The minimum atomic E-state index is -0.271. The molecule has 2 rings (SSSR count). The molecular formula is C19H26N2O3. The predicted molar refractivity (Wildman–Crippen MR) is 94.2 cm³/mol. The lowest BCUT2D eigenvalue weighted by Crippen LogP contribution is -2.33. The van der Waals surface area contributed by atoms with Gasteiger partial charge in [0.25, 0.3) is 5.91 Å². The first-order valence-electron chi connectivity index (χ1n) is 8.60. The third-order valence-corrected chi connectivity index (χ3v) is 4.42. The summed E-state index contributed by atoms with van der Waals surface area (Å²) in [5.41, 5.74) is 2.15. The maximum absolute atomic E-state index is 12.3. The average molecular weight is 330 g/mol. The zero-order chi connectivity index (χ0) is 17.6. The van der Waals surface area contributed by atoms with E-state index in [4.69, 9.17) is 0 Å². The van der Waals surface area contributed by atoms with Crippen LogP contribution in [0, 0.1) is 0 Å². The number of hydrogen-bond donors (Lipinski definition) is 2. The van der Waals surface area contributed by atoms with E-state index in [0.29, 0.717) is 24.9 Å². The van der Waals surface area contributed by atoms with Crippen LogP contribution < -0.4 is 10.6 Å². The van der Waals surface area contributed by atoms with E-state index in [2.05, 4.69) is 10.6 Å². The van der Waals surface area contributed by atoms with Gasteiger partial charge < -0.3 is 15.4 Å². The average Bonchev–Trinajstić information content (AvgIpc) is 2.52. The number of benzene rings is 1. The summed E-state index contributed by atoms with van der Waals surface area (Å²) in [7, 11) is 0. The Labute approximate surface area is 143 Å². The quantitative estimate of drug-likeness (QED) is 0.568. The highest BCUT2D eigenvalue weighted by atomic mass is 16.2. The minimum absolute atomic E-state index is 0.0132. The number of fused-ring (bicyclic) bond motifs is 1. The number of unbranched alkanes of at least 4 members (excludes halogenated alkanes) is 4. The molecular weight excluding hydrogens is 304 g/mol. The third-order valence-electron chi connectivity index (χ3n) is 4.42. The summed E-state index contributed by atoms with van der Waals surface area (Å²) in [6.45, 7) is 4.67. The van der Waals surface area contributed by atoms with Crippen molar-refractivity contribution in [2.75, 3.05) is 11.9 Å². The number of anilines is 1. The van der Waals surface area contributed by atoms with Crippen molar-refractivity contribution in [3.05, 3.63) is 29.3 Å². The van der Waals surface area contributed by atoms with Gasteiger partial charge in [-0.15, -0.1) is 0 Å². The van der Waals surface area contributed by atoms with Crippen LogP contribution in [0.15, 0.2) is 18.2 Å². The summed E-state index contributed by atoms with van der Waals surface area (Å²) in [5.74, 6) is -0.0716. The van der Waals surface area contributed by atoms with Gasteiger partial charge in [0.1, 0.15) is 6.29 Å². The highest BCUT2D eigenvalue weighted by molar-refractivity contribution is 5.98. The Morgan fingerprint density at radius 1 is 1.25 bits per heavy atom. The Kier molecular flexibility index (Phi) is 6.12. The van der Waals surface area contributed by atoms with Gasteiger partial charge in [-0.3, -0.25) is 9.59 Å². The summed E-state index contributed by atoms with van der Waals surface area (Å²) >= 11 is 0. The van der Waals surface area contributed by atoms with Gasteiger partial charge in [0, 0.05) is 36.1 Å². The normalized spacial score (nSPS) is 15.3. The van der Waals surface area contributed by atoms with E-state index in [1.165, 1.54) is 0 Å². The van der Waals surface area contributed by atoms with Gasteiger partial charge in [-0.25, -0.2) is 0 Å². The topological polar surface area (TPSA) is 75.3 Å². The molecule has 1 heterocycles. The fourth-order valence-electron chi connectivity index (χ4n) is 3.06. The van der Waals surface area contributed by atoms with E-state index in [9.17, 15) is 14.4 Å². The highest BCUT2D eigenvalue weighted by Gasteiger charge is 2.32. The van der Waals surface area contributed by atoms with Crippen LogP contribution in [0.2, 0.25) is 0 Å². The van der Waals surface area contributed by atoms with Gasteiger partial charge >= 0.3 is 0 Å². The Morgan fingerprint density at radius 2 is 2.00 bits per heavy atom. The number of hydrogen-bond acceptors (Lipinski definition) is 3. The van der Waals surface area contributed by atoms with Gasteiger partial charge in [-0.1, -0.05) is 26.7 Å². The molecule has 1 aliphatic heterocycles. The first-order valence-corrected chi connectivity index (χ1v) is 8.60. The minimum Gasteiger partial charge on any atom is -0.352 e. The molecule has 0 bridgehead atoms. The molecule has 0 radical (unpaired) electrons. The molecule has 0 saturated carbocycles. The fourth-order valence-corrected chi connectivity index (χ4v) is 3.06. The van der Waals surface area contributed by atoms with Crippen molar-refractivity contribution < 1.29 is 14.4 Å². The molecule has 130 valence electrons. The lowest BCUT2D eigenvalue weighted by atomic mass is 9.77. The molecule has 0 aromatic heterocycles. The van der Waals surface area contributed by atoms with Crippen molar-refractivity contribution in [2.24, 2.45) is 0 Å². The number of rotatable bonds is 8. The molecule has 0 unspecified atom stereocenters. The fraction of sp³-hybridized carbons (Fsp3) is 0.526. The van der Waals surface area contributed by atoms with Crippen LogP contribution >= 0.6 is 0 Å². The Hall–Kier alpha value is -2.17. The van der Waals surface area contributed by atoms with E-state index >= 15 is 0 Å². The van der Waals surface area contributed by atoms with Crippen molar-refractivity contribution in [1.82, 2.24) is 5.32 Å². The Bertz CT molecular complexity index is 623. The Balaban J connectivity index is 1.90. The van der Waals surface area contributed by atoms with Crippen molar-refractivity contribution in [1.29, 1.82) is 0 Å². The van der Waals surface area contributed by atoms with Crippen LogP contribution in [0.4, 0.5) is 5.69 Å². The monoisotopic (exact) mass is 330 g/mol. The van der Waals surface area contributed by atoms with Crippen LogP contribution in [0.5, 0.6) is 0 Å². The summed E-state index contributed by atoms with van der Waals surface area (Å²) in [5, 5.41) is 5.80. The maximum atomic E-state index is 12.3. The van der Waals surface area contributed by atoms with Crippen LogP contribution in [0.3, 0.4) is 0 Å². The van der Waals surface area contributed by atoms with Gasteiger partial charge in [0.2, 0.25) is 5.91 Å². The van der Waals surface area contributed by atoms with Gasteiger partial charge in [-0.05, 0) is 36.6 Å². The van der Waals surface area contributed by atoms with Crippen molar-refractivity contribution in [3.8, 4) is 0 Å². The number of carbonyl (C=O) groups is 3. The molecule has 24 heavy (non-hydrogen) atoms. The smallest absolute Gasteiger partial charge is 0.251 e. The van der Waals surface area contributed by atoms with Crippen molar-refractivity contribution >= 4 is 23.8 Å². The lowest BCUT2D eigenvalue weighted by molar-refractivity contribution is -0.117. The summed E-state index contributed by atoms with van der Waals surface area (Å²) in [6, 6.07) is 5.44. The summed E-state index contributed by atoms with van der Waals surface area (Å²) in [4.78, 5) is 34.2. The molecule has 0 atom stereocenters. The zero-order valence-electron chi connectivity index (χ0n) is 14.5. The third kappa shape index (κ3) is 4.66. The second-order valence-electron chi connectivity index (χ2n) is 6.99. The van der Waals surface area contributed by atoms with E-state index in [0.717, 1.165) is 43.2 Å². The van der Waals surface area contributed by atoms with Crippen LogP contribution in [-0.4, -0.2) is 24.6 Å². The number of nitrogens with one attached hydrogen (secondary N) is 2. The SMILES string of the molecule is CC1(C)CC(=O)Nc2ccc(C(=O)NCCCCCCC=O)cc21. The van der Waals surface area contributed by atoms with Crippen LogP contribution in [-0.2, 0) is 15.0 Å². The predicted octanol–water partition coefficient (Wildman–Crippen LogP) is 3.19. The molecule has 1 aromatic carbocycles. The molecule has 1 aliphatic rings. The van der Waals surface area contributed by atoms with E-state index < -0.39 is 0 Å². The van der Waals surface area contributed by atoms with Gasteiger partial charge in [-0.2, -0.15) is 0 Å². The van der Waals surface area contributed by atoms with E-state index in [1.54, 1.807) is 6.07 Å². The van der Waals surface area contributed by atoms with E-state index in [1.807, 2.05) is 26.0 Å². The number of amides is 2. The molecule has 0 aliphatic carbocycles. The van der Waals surface area contributed by atoms with Crippen molar-refractivity contribution in [2.45, 2.75) is 57.8 Å². The highest BCUT2D eigenvalue weighted by Crippen LogP contribution is 2.37. The Morgan fingerprint density at radius 3 is 2.75 bits per heavy atom.